The van der Waals surface area contributed by atoms with Crippen LogP contribution in [0.25, 0.3) is 11.1 Å². The fourth-order valence-corrected chi connectivity index (χ4v) is 5.75. The van der Waals surface area contributed by atoms with Crippen molar-refractivity contribution in [1.29, 1.82) is 0 Å². The van der Waals surface area contributed by atoms with Crippen LogP contribution in [0, 0.1) is 0 Å². The second-order valence-corrected chi connectivity index (χ2v) is 9.93. The van der Waals surface area contributed by atoms with E-state index in [1.54, 1.807) is 6.07 Å². The molecule has 2 N–H and O–H groups in total. The number of fused-ring (bicyclic) bond motifs is 3. The minimum absolute atomic E-state index is 0.0371. The van der Waals surface area contributed by atoms with Crippen LogP contribution in [0.5, 0.6) is 11.5 Å². The molecule has 1 aliphatic rings. The first-order valence-electron chi connectivity index (χ1n) is 13.8. The number of aliphatic hydroxyl groups is 1. The first-order chi connectivity index (χ1) is 20.6. The summed E-state index contributed by atoms with van der Waals surface area (Å²) in [5, 5.41) is 18.1. The van der Waals surface area contributed by atoms with Gasteiger partial charge in [0.05, 0.1) is 18.6 Å². The molecule has 5 aromatic rings. The molecule has 0 radical (unpaired) electrons. The molecule has 6 rings (SSSR count). The van der Waals surface area contributed by atoms with Crippen molar-refractivity contribution in [1.82, 2.24) is 0 Å². The Balaban J connectivity index is 1.25. The Morgan fingerprint density at radius 3 is 1.74 bits per heavy atom. The van der Waals surface area contributed by atoms with Crippen molar-refractivity contribution in [2.45, 2.75) is 12.0 Å². The van der Waals surface area contributed by atoms with Crippen molar-refractivity contribution in [3.8, 4) is 22.6 Å². The van der Waals surface area contributed by atoms with Crippen LogP contribution in [-0.2, 0) is 16.8 Å². The summed E-state index contributed by atoms with van der Waals surface area (Å²) in [7, 11) is 0. The molecule has 0 amide bonds. The summed E-state index contributed by atoms with van der Waals surface area (Å²) >= 11 is 0. The van der Waals surface area contributed by atoms with Gasteiger partial charge in [0.2, 0.25) is 5.76 Å². The normalized spacial score (nSPS) is 12.9. The highest BCUT2D eigenvalue weighted by molar-refractivity contribution is 5.86. The van der Waals surface area contributed by atoms with E-state index in [2.05, 4.69) is 72.8 Å². The Bertz CT molecular complexity index is 1620. The lowest BCUT2D eigenvalue weighted by Gasteiger charge is -2.34. The van der Waals surface area contributed by atoms with Crippen molar-refractivity contribution in [2.24, 2.45) is 0 Å². The molecular formula is C35H30O7. The molecule has 0 saturated carbocycles. The number of aliphatic hydroxyl groups excluding tert-OH is 1. The first kappa shape index (κ1) is 27.3. The van der Waals surface area contributed by atoms with Crippen LogP contribution in [0.2, 0.25) is 0 Å². The van der Waals surface area contributed by atoms with E-state index in [9.17, 15) is 4.79 Å². The molecule has 1 aliphatic carbocycles. The monoisotopic (exact) mass is 562 g/mol. The molecule has 212 valence electrons. The van der Waals surface area contributed by atoms with Gasteiger partial charge in [-0.15, -0.1) is 0 Å². The molecule has 42 heavy (non-hydrogen) atoms. The molecule has 1 aromatic heterocycles. The first-order valence-corrected chi connectivity index (χ1v) is 13.8. The quantitative estimate of drug-likeness (QED) is 0.169. The summed E-state index contributed by atoms with van der Waals surface area (Å²) in [6.45, 7) is 1.03. The number of rotatable bonds is 12. The molecule has 0 unspecified atom stereocenters. The van der Waals surface area contributed by atoms with Crippen LogP contribution < -0.4 is 9.47 Å². The zero-order valence-electron chi connectivity index (χ0n) is 22.9. The SMILES string of the molecule is O=C(O)c1ccc(COCCOc2ccc(C3(c4ccc(OCCO)cc4)c4ccccc4-c4ccccc43)cc2)o1. The van der Waals surface area contributed by atoms with Gasteiger partial charge >= 0.3 is 5.97 Å². The van der Waals surface area contributed by atoms with Gasteiger partial charge in [0.1, 0.15) is 37.1 Å². The average molecular weight is 563 g/mol. The smallest absolute Gasteiger partial charge is 0.371 e. The minimum atomic E-state index is -1.11. The summed E-state index contributed by atoms with van der Waals surface area (Å²) in [6, 6.07) is 36.4. The fraction of sp³-hybridized carbons (Fsp3) is 0.171. The van der Waals surface area contributed by atoms with E-state index in [0.717, 1.165) is 16.9 Å². The molecule has 0 atom stereocenters. The lowest BCUT2D eigenvalue weighted by molar-refractivity contribution is 0.0628. The molecule has 0 fully saturated rings. The molecule has 0 spiro atoms. The second-order valence-electron chi connectivity index (χ2n) is 9.93. The molecule has 1 heterocycles. The summed E-state index contributed by atoms with van der Waals surface area (Å²) in [5.74, 6) is 0.663. The summed E-state index contributed by atoms with van der Waals surface area (Å²) in [5.41, 5.74) is 6.52. The van der Waals surface area contributed by atoms with Crippen molar-refractivity contribution in [3.63, 3.8) is 0 Å². The third kappa shape index (κ3) is 5.04. The molecule has 7 nitrogen and oxygen atoms in total. The number of carbonyl (C=O) groups is 1. The van der Waals surface area contributed by atoms with E-state index in [0.29, 0.717) is 24.7 Å². The lowest BCUT2D eigenvalue weighted by Crippen LogP contribution is -2.28. The number of hydrogen-bond donors (Lipinski definition) is 2. The highest BCUT2D eigenvalue weighted by Gasteiger charge is 2.45. The van der Waals surface area contributed by atoms with Crippen LogP contribution in [-0.4, -0.2) is 42.6 Å². The third-order valence-corrected chi connectivity index (χ3v) is 7.50. The van der Waals surface area contributed by atoms with Gasteiger partial charge in [-0.25, -0.2) is 4.79 Å². The highest BCUT2D eigenvalue weighted by Crippen LogP contribution is 2.56. The molecule has 7 heteroatoms. The van der Waals surface area contributed by atoms with Crippen molar-refractivity contribution < 1.29 is 33.6 Å². The Morgan fingerprint density at radius 2 is 1.21 bits per heavy atom. The van der Waals surface area contributed by atoms with Crippen LogP contribution in [0.3, 0.4) is 0 Å². The van der Waals surface area contributed by atoms with Gasteiger partial charge < -0.3 is 28.8 Å². The highest BCUT2D eigenvalue weighted by atomic mass is 16.5. The van der Waals surface area contributed by atoms with Crippen LogP contribution in [0.4, 0.5) is 0 Å². The number of hydrogen-bond acceptors (Lipinski definition) is 6. The summed E-state index contributed by atoms with van der Waals surface area (Å²) in [6.07, 6.45) is 0. The fourth-order valence-electron chi connectivity index (χ4n) is 5.75. The molecule has 0 aliphatic heterocycles. The largest absolute Gasteiger partial charge is 0.491 e. The molecule has 4 aromatic carbocycles. The van der Waals surface area contributed by atoms with Crippen molar-refractivity contribution in [3.05, 3.63) is 143 Å². The number of carboxylic acids is 1. The van der Waals surface area contributed by atoms with Gasteiger partial charge in [-0.2, -0.15) is 0 Å². The van der Waals surface area contributed by atoms with Gasteiger partial charge in [-0.1, -0.05) is 72.8 Å². The predicted molar refractivity (Wildman–Crippen MR) is 157 cm³/mol. The Kier molecular flexibility index (Phi) is 7.77. The summed E-state index contributed by atoms with van der Waals surface area (Å²) in [4.78, 5) is 11.0. The van der Waals surface area contributed by atoms with E-state index in [1.165, 1.54) is 28.3 Å². The zero-order chi connectivity index (χ0) is 28.9. The van der Waals surface area contributed by atoms with Crippen molar-refractivity contribution >= 4 is 5.97 Å². The van der Waals surface area contributed by atoms with Gasteiger partial charge in [-0.3, -0.25) is 0 Å². The van der Waals surface area contributed by atoms with Gasteiger partial charge in [0.15, 0.2) is 0 Å². The van der Waals surface area contributed by atoms with E-state index in [-0.39, 0.29) is 25.6 Å². The van der Waals surface area contributed by atoms with E-state index in [4.69, 9.17) is 28.8 Å². The third-order valence-electron chi connectivity index (χ3n) is 7.50. The zero-order valence-corrected chi connectivity index (χ0v) is 22.9. The lowest BCUT2D eigenvalue weighted by atomic mass is 9.68. The maximum Gasteiger partial charge on any atom is 0.371 e. The van der Waals surface area contributed by atoms with Crippen molar-refractivity contribution in [2.75, 3.05) is 26.4 Å². The molecular weight excluding hydrogens is 532 g/mol. The molecule has 0 bridgehead atoms. The number of carboxylic acid groups (broad SMARTS) is 1. The van der Waals surface area contributed by atoms with Crippen LogP contribution in [0.15, 0.2) is 114 Å². The maximum absolute atomic E-state index is 11.0. The Morgan fingerprint density at radius 1 is 0.667 bits per heavy atom. The number of aromatic carboxylic acids is 1. The average Bonchev–Trinajstić information content (AvgIpc) is 3.63. The number of benzene rings is 4. The van der Waals surface area contributed by atoms with Gasteiger partial charge in [-0.05, 0) is 69.8 Å². The Labute approximate surface area is 243 Å². The van der Waals surface area contributed by atoms with Gasteiger partial charge in [0.25, 0.3) is 0 Å². The van der Waals surface area contributed by atoms with Crippen LogP contribution >= 0.6 is 0 Å². The number of ether oxygens (including phenoxy) is 3. The number of furan rings is 1. The molecule has 0 saturated heterocycles. The predicted octanol–water partition coefficient (Wildman–Crippen LogP) is 6.31. The topological polar surface area (TPSA) is 98.4 Å². The summed E-state index contributed by atoms with van der Waals surface area (Å²) < 4.78 is 22.4. The standard InChI is InChI=1S/C35H30O7/c36-19-20-40-26-13-9-24(10-14-26)35(31-7-3-1-5-29(31)30-6-2-4-8-32(30)35)25-11-15-27(16-12-25)41-22-21-39-23-28-17-18-33(42-28)34(37)38/h1-18,36H,19-23H2,(H,37,38). The second kappa shape index (κ2) is 11.9. The maximum atomic E-state index is 11.0. The van der Waals surface area contributed by atoms with Crippen LogP contribution in [0.1, 0.15) is 38.6 Å². The minimum Gasteiger partial charge on any atom is -0.491 e. The van der Waals surface area contributed by atoms with E-state index in [1.807, 2.05) is 24.3 Å². The van der Waals surface area contributed by atoms with E-state index < -0.39 is 11.4 Å². The van der Waals surface area contributed by atoms with E-state index >= 15 is 0 Å². The Hall–Kier alpha value is -4.85. The van der Waals surface area contributed by atoms with Gasteiger partial charge in [0, 0.05) is 0 Å².